The highest BCUT2D eigenvalue weighted by Gasteiger charge is 2.27. The van der Waals surface area contributed by atoms with Gasteiger partial charge in [0.1, 0.15) is 5.82 Å². The minimum absolute atomic E-state index is 0.320. The normalized spacial score (nSPS) is 17.6. The molecular weight excluding hydrogens is 233 g/mol. The minimum Gasteiger partial charge on any atom is -0.434 e. The van der Waals surface area contributed by atoms with E-state index < -0.39 is 18.0 Å². The molecule has 1 aliphatic heterocycles. The van der Waals surface area contributed by atoms with E-state index in [4.69, 9.17) is 4.74 Å². The van der Waals surface area contributed by atoms with Crippen molar-refractivity contribution in [3.05, 3.63) is 65.5 Å². The predicted octanol–water partition coefficient (Wildman–Crippen LogP) is 3.11. The molecule has 0 unspecified atom stereocenters. The second-order valence-corrected chi connectivity index (χ2v) is 4.00. The summed E-state index contributed by atoms with van der Waals surface area (Å²) < 4.78 is 18.8. The standard InChI is InChI=1S/C14H10FNO2/c15-11-7-3-1-5-9(11)13-16-12-8-4-2-6-10(12)14(17)18-13/h1-8,13,16H/t13-/m1/s1. The van der Waals surface area contributed by atoms with Gasteiger partial charge in [-0.2, -0.15) is 0 Å². The van der Waals surface area contributed by atoms with Crippen LogP contribution in [0.25, 0.3) is 0 Å². The Bertz CT molecular complexity index is 612. The number of nitrogens with one attached hydrogen (secondary N) is 1. The molecule has 1 atom stereocenters. The summed E-state index contributed by atoms with van der Waals surface area (Å²) in [4.78, 5) is 11.8. The maximum Gasteiger partial charge on any atom is 0.342 e. The zero-order chi connectivity index (χ0) is 12.5. The van der Waals surface area contributed by atoms with Crippen molar-refractivity contribution in [3.8, 4) is 0 Å². The molecule has 0 aromatic heterocycles. The van der Waals surface area contributed by atoms with E-state index in [1.165, 1.54) is 6.07 Å². The number of hydrogen-bond donors (Lipinski definition) is 1. The first-order chi connectivity index (χ1) is 8.75. The summed E-state index contributed by atoms with van der Waals surface area (Å²) in [7, 11) is 0. The van der Waals surface area contributed by atoms with Crippen LogP contribution < -0.4 is 5.32 Å². The smallest absolute Gasteiger partial charge is 0.342 e. The van der Waals surface area contributed by atoms with E-state index in [1.54, 1.807) is 36.4 Å². The third-order valence-corrected chi connectivity index (χ3v) is 2.85. The van der Waals surface area contributed by atoms with Crippen LogP contribution in [-0.2, 0) is 4.74 Å². The Morgan fingerprint density at radius 3 is 2.61 bits per heavy atom. The topological polar surface area (TPSA) is 38.3 Å². The molecule has 1 aliphatic rings. The number of carbonyl (C=O) groups excluding carboxylic acids is 1. The number of anilines is 1. The van der Waals surface area contributed by atoms with Crippen LogP contribution >= 0.6 is 0 Å². The van der Waals surface area contributed by atoms with E-state index in [-0.39, 0.29) is 0 Å². The van der Waals surface area contributed by atoms with Crippen molar-refractivity contribution < 1.29 is 13.9 Å². The molecule has 0 bridgehead atoms. The summed E-state index contributed by atoms with van der Waals surface area (Å²) in [6, 6.07) is 13.2. The minimum atomic E-state index is -0.784. The number of fused-ring (bicyclic) bond motifs is 1. The van der Waals surface area contributed by atoms with Gasteiger partial charge < -0.3 is 10.1 Å². The van der Waals surface area contributed by atoms with E-state index in [2.05, 4.69) is 5.32 Å². The van der Waals surface area contributed by atoms with Gasteiger partial charge in [0.15, 0.2) is 0 Å². The van der Waals surface area contributed by atoms with Crippen molar-refractivity contribution >= 4 is 11.7 Å². The first-order valence-corrected chi connectivity index (χ1v) is 5.56. The van der Waals surface area contributed by atoms with Gasteiger partial charge in [0.05, 0.1) is 11.3 Å². The molecule has 18 heavy (non-hydrogen) atoms. The van der Waals surface area contributed by atoms with Crippen LogP contribution in [-0.4, -0.2) is 5.97 Å². The molecule has 0 radical (unpaired) electrons. The largest absolute Gasteiger partial charge is 0.434 e. The Kier molecular flexibility index (Phi) is 2.48. The molecule has 1 heterocycles. The molecule has 4 heteroatoms. The molecule has 1 N–H and O–H groups in total. The van der Waals surface area contributed by atoms with Gasteiger partial charge in [-0.05, 0) is 18.2 Å². The van der Waals surface area contributed by atoms with Gasteiger partial charge in [0.2, 0.25) is 6.23 Å². The molecule has 90 valence electrons. The summed E-state index contributed by atoms with van der Waals surface area (Å²) >= 11 is 0. The van der Waals surface area contributed by atoms with E-state index in [9.17, 15) is 9.18 Å². The zero-order valence-electron chi connectivity index (χ0n) is 9.39. The van der Waals surface area contributed by atoms with Gasteiger partial charge >= 0.3 is 5.97 Å². The fourth-order valence-electron chi connectivity index (χ4n) is 1.96. The predicted molar refractivity (Wildman–Crippen MR) is 64.6 cm³/mol. The lowest BCUT2D eigenvalue weighted by molar-refractivity contribution is 0.0324. The highest BCUT2D eigenvalue weighted by atomic mass is 19.1. The van der Waals surface area contributed by atoms with Crippen LogP contribution in [0, 0.1) is 5.82 Å². The second-order valence-electron chi connectivity index (χ2n) is 4.00. The molecule has 3 nitrogen and oxygen atoms in total. The van der Waals surface area contributed by atoms with Gasteiger partial charge in [0.25, 0.3) is 0 Å². The summed E-state index contributed by atoms with van der Waals surface area (Å²) in [5.41, 5.74) is 1.44. The van der Waals surface area contributed by atoms with E-state index in [1.807, 2.05) is 6.07 Å². The first kappa shape index (κ1) is 10.8. The van der Waals surface area contributed by atoms with Crippen LogP contribution in [0.1, 0.15) is 22.1 Å². The quantitative estimate of drug-likeness (QED) is 0.782. The van der Waals surface area contributed by atoms with Gasteiger partial charge in [0, 0.05) is 5.56 Å². The number of benzene rings is 2. The Morgan fingerprint density at radius 2 is 1.78 bits per heavy atom. The number of esters is 1. The summed E-state index contributed by atoms with van der Waals surface area (Å²) in [5, 5.41) is 3.00. The lowest BCUT2D eigenvalue weighted by Crippen LogP contribution is -2.26. The third-order valence-electron chi connectivity index (χ3n) is 2.85. The Morgan fingerprint density at radius 1 is 1.06 bits per heavy atom. The fraction of sp³-hybridized carbons (Fsp3) is 0.0714. The number of ether oxygens (including phenoxy) is 1. The summed E-state index contributed by atoms with van der Waals surface area (Å²) in [6.07, 6.45) is -0.784. The van der Waals surface area contributed by atoms with Gasteiger partial charge in [-0.15, -0.1) is 0 Å². The number of carbonyl (C=O) groups is 1. The van der Waals surface area contributed by atoms with Gasteiger partial charge in [-0.1, -0.05) is 30.3 Å². The van der Waals surface area contributed by atoms with Crippen molar-refractivity contribution in [2.45, 2.75) is 6.23 Å². The van der Waals surface area contributed by atoms with Gasteiger partial charge in [-0.25, -0.2) is 9.18 Å². The second kappa shape index (κ2) is 4.14. The van der Waals surface area contributed by atoms with Crippen LogP contribution in [0.15, 0.2) is 48.5 Å². The highest BCUT2D eigenvalue weighted by Crippen LogP contribution is 2.31. The van der Waals surface area contributed by atoms with Crippen LogP contribution in [0.3, 0.4) is 0 Å². The van der Waals surface area contributed by atoms with Gasteiger partial charge in [-0.3, -0.25) is 0 Å². The fourth-order valence-corrected chi connectivity index (χ4v) is 1.96. The van der Waals surface area contributed by atoms with E-state index in [0.29, 0.717) is 16.8 Å². The Balaban J connectivity index is 2.00. The number of hydrogen-bond acceptors (Lipinski definition) is 3. The molecule has 0 spiro atoms. The Labute approximate surface area is 103 Å². The molecule has 0 aliphatic carbocycles. The number of cyclic esters (lactones) is 1. The number of rotatable bonds is 1. The lowest BCUT2D eigenvalue weighted by atomic mass is 10.1. The molecule has 2 aromatic rings. The van der Waals surface area contributed by atoms with Crippen LogP contribution in [0.5, 0.6) is 0 Å². The van der Waals surface area contributed by atoms with E-state index in [0.717, 1.165) is 0 Å². The lowest BCUT2D eigenvalue weighted by Gasteiger charge is -2.27. The highest BCUT2D eigenvalue weighted by molar-refractivity contribution is 5.97. The molecular formula is C14H10FNO2. The zero-order valence-corrected chi connectivity index (χ0v) is 9.39. The molecule has 2 aromatic carbocycles. The molecule has 0 saturated carbocycles. The van der Waals surface area contributed by atoms with E-state index >= 15 is 0 Å². The SMILES string of the molecule is O=C1O[C@H](c2ccccc2F)Nc2ccccc21. The monoisotopic (exact) mass is 243 g/mol. The van der Waals surface area contributed by atoms with Crippen molar-refractivity contribution in [1.29, 1.82) is 0 Å². The Hall–Kier alpha value is -2.36. The molecule has 0 amide bonds. The first-order valence-electron chi connectivity index (χ1n) is 5.56. The van der Waals surface area contributed by atoms with Crippen molar-refractivity contribution in [1.82, 2.24) is 0 Å². The average molecular weight is 243 g/mol. The van der Waals surface area contributed by atoms with Crippen molar-refractivity contribution in [3.63, 3.8) is 0 Å². The number of halogens is 1. The summed E-state index contributed by atoms with van der Waals surface area (Å²) in [6.45, 7) is 0. The maximum atomic E-state index is 13.6. The third kappa shape index (κ3) is 1.72. The molecule has 0 fully saturated rings. The molecule has 3 rings (SSSR count). The average Bonchev–Trinajstić information content (AvgIpc) is 2.39. The van der Waals surface area contributed by atoms with Crippen LogP contribution in [0.4, 0.5) is 10.1 Å². The summed E-state index contributed by atoms with van der Waals surface area (Å²) in [5.74, 6) is -0.847. The molecule has 0 saturated heterocycles. The maximum absolute atomic E-state index is 13.6. The van der Waals surface area contributed by atoms with Crippen molar-refractivity contribution in [2.24, 2.45) is 0 Å². The van der Waals surface area contributed by atoms with Crippen LogP contribution in [0.2, 0.25) is 0 Å². The van der Waals surface area contributed by atoms with Crippen molar-refractivity contribution in [2.75, 3.05) is 5.32 Å². The number of para-hydroxylation sites is 1.